The molecule has 0 radical (unpaired) electrons. The first-order chi connectivity index (χ1) is 7.59. The second kappa shape index (κ2) is 4.74. The van der Waals surface area contributed by atoms with Gasteiger partial charge in [-0.15, -0.1) is 0 Å². The number of halogens is 1. The fraction of sp³-hybridized carbons (Fsp3) is 0.538. The number of benzene rings is 1. The molecule has 0 aromatic heterocycles. The van der Waals surface area contributed by atoms with Crippen LogP contribution in [0.15, 0.2) is 24.3 Å². The predicted octanol–water partition coefficient (Wildman–Crippen LogP) is 2.82. The zero-order valence-electron chi connectivity index (χ0n) is 9.86. The Labute approximate surface area is 102 Å². The summed E-state index contributed by atoms with van der Waals surface area (Å²) in [6.45, 7) is 5.39. The molecule has 2 rings (SSSR count). The third-order valence-electron chi connectivity index (χ3n) is 3.30. The monoisotopic (exact) mass is 238 g/mol. The molecule has 88 valence electrons. The van der Waals surface area contributed by atoms with E-state index < -0.39 is 0 Å². The third kappa shape index (κ3) is 2.24. The summed E-state index contributed by atoms with van der Waals surface area (Å²) in [4.78, 5) is 2.44. The number of hydrogen-bond acceptors (Lipinski definition) is 2. The van der Waals surface area contributed by atoms with Gasteiger partial charge in [0.15, 0.2) is 0 Å². The van der Waals surface area contributed by atoms with Crippen molar-refractivity contribution >= 4 is 11.6 Å². The van der Waals surface area contributed by atoms with Crippen LogP contribution >= 0.6 is 11.6 Å². The average molecular weight is 239 g/mol. The van der Waals surface area contributed by atoms with Gasteiger partial charge in [0.1, 0.15) is 0 Å². The van der Waals surface area contributed by atoms with Gasteiger partial charge in [0.05, 0.1) is 0 Å². The number of likely N-dealkylation sites (tertiary alicyclic amines) is 1. The van der Waals surface area contributed by atoms with E-state index in [1.165, 1.54) is 5.56 Å². The summed E-state index contributed by atoms with van der Waals surface area (Å²) in [5.41, 5.74) is 7.27. The molecule has 0 spiro atoms. The van der Waals surface area contributed by atoms with Gasteiger partial charge in [0.25, 0.3) is 0 Å². The Balaban J connectivity index is 2.29. The fourth-order valence-electron chi connectivity index (χ4n) is 2.52. The highest BCUT2D eigenvalue weighted by molar-refractivity contribution is 6.31. The molecule has 1 fully saturated rings. The van der Waals surface area contributed by atoms with Crippen LogP contribution in [-0.4, -0.2) is 23.5 Å². The van der Waals surface area contributed by atoms with Gasteiger partial charge in [0.2, 0.25) is 0 Å². The van der Waals surface area contributed by atoms with Crippen molar-refractivity contribution in [2.45, 2.75) is 38.4 Å². The van der Waals surface area contributed by atoms with E-state index in [9.17, 15) is 0 Å². The standard InChI is InChI=1S/C13H19ClN2/c1-9(2)16-8-10(15)7-13(16)11-5-3-4-6-12(11)14/h3-6,9-10,13H,7-8,15H2,1-2H3. The Hall–Kier alpha value is -0.570. The minimum Gasteiger partial charge on any atom is -0.326 e. The molecular weight excluding hydrogens is 220 g/mol. The first-order valence-corrected chi connectivity index (χ1v) is 6.23. The number of nitrogens with two attached hydrogens (primary N) is 1. The zero-order valence-corrected chi connectivity index (χ0v) is 10.6. The summed E-state index contributed by atoms with van der Waals surface area (Å²) in [6, 6.07) is 9.24. The Bertz CT molecular complexity index is 365. The Morgan fingerprint density at radius 1 is 1.38 bits per heavy atom. The molecule has 0 aliphatic carbocycles. The summed E-state index contributed by atoms with van der Waals surface area (Å²) >= 11 is 6.25. The van der Waals surface area contributed by atoms with Crippen molar-refractivity contribution in [3.8, 4) is 0 Å². The lowest BCUT2D eigenvalue weighted by atomic mass is 10.0. The molecule has 1 saturated heterocycles. The van der Waals surface area contributed by atoms with Crippen molar-refractivity contribution < 1.29 is 0 Å². The topological polar surface area (TPSA) is 29.3 Å². The van der Waals surface area contributed by atoms with Crippen LogP contribution in [0.1, 0.15) is 31.9 Å². The molecule has 0 saturated carbocycles. The van der Waals surface area contributed by atoms with E-state index in [-0.39, 0.29) is 6.04 Å². The number of nitrogens with zero attached hydrogens (tertiary/aromatic N) is 1. The van der Waals surface area contributed by atoms with Gasteiger partial charge in [-0.3, -0.25) is 4.90 Å². The molecule has 3 heteroatoms. The van der Waals surface area contributed by atoms with E-state index in [1.807, 2.05) is 18.2 Å². The molecule has 0 amide bonds. The average Bonchev–Trinajstić information content (AvgIpc) is 2.61. The van der Waals surface area contributed by atoms with E-state index in [0.717, 1.165) is 18.0 Å². The van der Waals surface area contributed by atoms with Crippen LogP contribution in [0, 0.1) is 0 Å². The van der Waals surface area contributed by atoms with Gasteiger partial charge < -0.3 is 5.73 Å². The zero-order chi connectivity index (χ0) is 11.7. The summed E-state index contributed by atoms with van der Waals surface area (Å²) < 4.78 is 0. The van der Waals surface area contributed by atoms with Gasteiger partial charge in [-0.2, -0.15) is 0 Å². The van der Waals surface area contributed by atoms with Crippen LogP contribution in [0.4, 0.5) is 0 Å². The normalized spacial score (nSPS) is 26.6. The molecule has 2 nitrogen and oxygen atoms in total. The fourth-order valence-corrected chi connectivity index (χ4v) is 2.78. The van der Waals surface area contributed by atoms with Crippen LogP contribution < -0.4 is 5.73 Å². The molecule has 1 aromatic rings. The lowest BCUT2D eigenvalue weighted by molar-refractivity contribution is 0.204. The summed E-state index contributed by atoms with van der Waals surface area (Å²) in [5, 5.41) is 0.854. The number of rotatable bonds is 2. The lowest BCUT2D eigenvalue weighted by Crippen LogP contribution is -2.33. The molecule has 1 aliphatic heterocycles. The lowest BCUT2D eigenvalue weighted by Gasteiger charge is -2.28. The highest BCUT2D eigenvalue weighted by Crippen LogP contribution is 2.36. The maximum Gasteiger partial charge on any atom is 0.0453 e. The molecule has 0 bridgehead atoms. The maximum atomic E-state index is 6.25. The maximum absolute atomic E-state index is 6.25. The Kier molecular flexibility index (Phi) is 3.53. The first kappa shape index (κ1) is 11.9. The van der Waals surface area contributed by atoms with Gasteiger partial charge in [-0.1, -0.05) is 29.8 Å². The molecular formula is C13H19ClN2. The van der Waals surface area contributed by atoms with Crippen LogP contribution in [-0.2, 0) is 0 Å². The highest BCUT2D eigenvalue weighted by Gasteiger charge is 2.33. The van der Waals surface area contributed by atoms with Crippen molar-refractivity contribution in [2.75, 3.05) is 6.54 Å². The second-order valence-electron chi connectivity index (χ2n) is 4.82. The van der Waals surface area contributed by atoms with E-state index in [1.54, 1.807) is 0 Å². The summed E-state index contributed by atoms with van der Waals surface area (Å²) in [7, 11) is 0. The molecule has 2 unspecified atom stereocenters. The van der Waals surface area contributed by atoms with Gasteiger partial charge in [0, 0.05) is 29.7 Å². The predicted molar refractivity (Wildman–Crippen MR) is 68.6 cm³/mol. The van der Waals surface area contributed by atoms with E-state index >= 15 is 0 Å². The van der Waals surface area contributed by atoms with Crippen LogP contribution in [0.3, 0.4) is 0 Å². The summed E-state index contributed by atoms with van der Waals surface area (Å²) in [6.07, 6.45) is 1.00. The molecule has 1 aliphatic rings. The van der Waals surface area contributed by atoms with Gasteiger partial charge in [-0.25, -0.2) is 0 Å². The Morgan fingerprint density at radius 2 is 2.06 bits per heavy atom. The van der Waals surface area contributed by atoms with Crippen molar-refractivity contribution in [1.29, 1.82) is 0 Å². The second-order valence-corrected chi connectivity index (χ2v) is 5.23. The van der Waals surface area contributed by atoms with Gasteiger partial charge in [-0.05, 0) is 31.9 Å². The van der Waals surface area contributed by atoms with E-state index in [2.05, 4.69) is 24.8 Å². The molecule has 1 heterocycles. The molecule has 16 heavy (non-hydrogen) atoms. The largest absolute Gasteiger partial charge is 0.326 e. The molecule has 1 aromatic carbocycles. The smallest absolute Gasteiger partial charge is 0.0453 e. The highest BCUT2D eigenvalue weighted by atomic mass is 35.5. The first-order valence-electron chi connectivity index (χ1n) is 5.85. The van der Waals surface area contributed by atoms with Crippen molar-refractivity contribution in [3.05, 3.63) is 34.9 Å². The van der Waals surface area contributed by atoms with E-state index in [4.69, 9.17) is 17.3 Å². The minimum absolute atomic E-state index is 0.267. The molecule has 2 atom stereocenters. The van der Waals surface area contributed by atoms with Crippen molar-refractivity contribution in [1.82, 2.24) is 4.90 Å². The van der Waals surface area contributed by atoms with Crippen LogP contribution in [0.25, 0.3) is 0 Å². The summed E-state index contributed by atoms with van der Waals surface area (Å²) in [5.74, 6) is 0. The SMILES string of the molecule is CC(C)N1CC(N)CC1c1ccccc1Cl. The van der Waals surface area contributed by atoms with Crippen LogP contribution in [0.5, 0.6) is 0 Å². The number of hydrogen-bond donors (Lipinski definition) is 1. The minimum atomic E-state index is 0.267. The molecule has 2 N–H and O–H groups in total. The van der Waals surface area contributed by atoms with E-state index in [0.29, 0.717) is 12.1 Å². The van der Waals surface area contributed by atoms with Crippen molar-refractivity contribution in [3.63, 3.8) is 0 Å². The van der Waals surface area contributed by atoms with Crippen LogP contribution in [0.2, 0.25) is 5.02 Å². The quantitative estimate of drug-likeness (QED) is 0.859. The van der Waals surface area contributed by atoms with Gasteiger partial charge >= 0.3 is 0 Å². The third-order valence-corrected chi connectivity index (χ3v) is 3.64. The van der Waals surface area contributed by atoms with Crippen molar-refractivity contribution in [2.24, 2.45) is 5.73 Å². The Morgan fingerprint density at radius 3 is 2.69 bits per heavy atom.